The van der Waals surface area contributed by atoms with E-state index >= 15 is 0 Å². The normalized spacial score (nSPS) is 12.2. The van der Waals surface area contributed by atoms with Gasteiger partial charge in [-0.2, -0.15) is 0 Å². The number of halogens is 1. The number of quaternary nitrogens is 1. The maximum Gasteiger partial charge on any atom is 0.258 e. The Balaban J connectivity index is 1.64. The van der Waals surface area contributed by atoms with Crippen molar-refractivity contribution < 1.29 is 9.64 Å². The monoisotopic (exact) mass is 358 g/mol. The lowest BCUT2D eigenvalue weighted by molar-refractivity contribution is -0.912. The molecule has 2 aromatic carbocycles. The van der Waals surface area contributed by atoms with Gasteiger partial charge >= 0.3 is 0 Å². The zero-order valence-corrected chi connectivity index (χ0v) is 14.8. The van der Waals surface area contributed by atoms with Crippen LogP contribution in [0.3, 0.4) is 0 Å². The number of likely N-dealkylation sites (N-methyl/N-ethyl adjacent to an activating group) is 1. The first-order chi connectivity index (χ1) is 12.2. The molecule has 2 N–H and O–H groups in total. The average Bonchev–Trinajstić information content (AvgIpc) is 2.62. The summed E-state index contributed by atoms with van der Waals surface area (Å²) in [6.45, 7) is 4.98. The van der Waals surface area contributed by atoms with Crippen LogP contribution in [0.5, 0.6) is 5.75 Å². The van der Waals surface area contributed by atoms with Crippen LogP contribution in [-0.4, -0.2) is 29.7 Å². The van der Waals surface area contributed by atoms with Gasteiger partial charge in [0.05, 0.1) is 22.5 Å². The van der Waals surface area contributed by atoms with Crippen LogP contribution in [0.15, 0.2) is 53.3 Å². The van der Waals surface area contributed by atoms with Crippen molar-refractivity contribution in [2.24, 2.45) is 0 Å². The third-order valence-electron chi connectivity index (χ3n) is 4.13. The predicted molar refractivity (Wildman–Crippen MR) is 99.4 cm³/mol. The summed E-state index contributed by atoms with van der Waals surface area (Å²) in [6, 6.07) is 14.8. The lowest BCUT2D eigenvalue weighted by Gasteiger charge is -2.17. The topological polar surface area (TPSA) is 59.4 Å². The van der Waals surface area contributed by atoms with E-state index in [0.29, 0.717) is 35.1 Å². The number of H-pyrrole nitrogens is 1. The number of benzene rings is 2. The number of fused-ring (bicyclic) bond motifs is 1. The molecule has 1 atom stereocenters. The molecule has 0 aliphatic carbocycles. The Morgan fingerprint density at radius 1 is 1.16 bits per heavy atom. The summed E-state index contributed by atoms with van der Waals surface area (Å²) in [5, 5.41) is 1.23. The molecular weight excluding hydrogens is 338 g/mol. The Morgan fingerprint density at radius 2 is 1.92 bits per heavy atom. The Kier molecular flexibility index (Phi) is 5.68. The molecular formula is C19H21ClN3O2+. The van der Waals surface area contributed by atoms with Gasteiger partial charge in [-0.25, -0.2) is 4.98 Å². The zero-order valence-electron chi connectivity index (χ0n) is 14.1. The molecule has 0 aliphatic rings. The first-order valence-corrected chi connectivity index (χ1v) is 8.74. The Hall–Kier alpha value is -2.37. The highest BCUT2D eigenvalue weighted by Crippen LogP contribution is 2.22. The molecule has 0 fully saturated rings. The lowest BCUT2D eigenvalue weighted by Crippen LogP contribution is -3.11. The van der Waals surface area contributed by atoms with Crippen molar-refractivity contribution >= 4 is 22.5 Å². The van der Waals surface area contributed by atoms with Gasteiger partial charge in [-0.1, -0.05) is 35.9 Å². The van der Waals surface area contributed by atoms with E-state index in [1.54, 1.807) is 6.07 Å². The van der Waals surface area contributed by atoms with Crippen LogP contribution in [0.2, 0.25) is 5.02 Å². The second-order valence-corrected chi connectivity index (χ2v) is 6.25. The number of nitrogens with one attached hydrogen (secondary N) is 2. The molecule has 6 heteroatoms. The molecule has 0 saturated heterocycles. The van der Waals surface area contributed by atoms with Gasteiger partial charge < -0.3 is 14.6 Å². The van der Waals surface area contributed by atoms with Gasteiger partial charge in [0.1, 0.15) is 25.4 Å². The third kappa shape index (κ3) is 4.38. The lowest BCUT2D eigenvalue weighted by atomic mass is 10.2. The highest BCUT2D eigenvalue weighted by molar-refractivity contribution is 6.32. The summed E-state index contributed by atoms with van der Waals surface area (Å²) in [5.41, 5.74) is 0.632. The molecule has 130 valence electrons. The molecule has 0 saturated carbocycles. The molecule has 3 rings (SSSR count). The molecule has 1 aromatic heterocycles. The van der Waals surface area contributed by atoms with Gasteiger partial charge in [0.2, 0.25) is 0 Å². The summed E-state index contributed by atoms with van der Waals surface area (Å²) in [5.74, 6) is 1.38. The number of para-hydroxylation sites is 2. The quantitative estimate of drug-likeness (QED) is 0.679. The average molecular weight is 359 g/mol. The van der Waals surface area contributed by atoms with E-state index in [2.05, 4.69) is 16.9 Å². The van der Waals surface area contributed by atoms with Crippen LogP contribution in [-0.2, 0) is 6.54 Å². The smallest absolute Gasteiger partial charge is 0.258 e. The molecule has 0 spiro atoms. The number of nitrogens with zero attached hydrogens (tertiary/aromatic N) is 1. The molecule has 25 heavy (non-hydrogen) atoms. The number of ether oxygens (including phenoxy) is 1. The van der Waals surface area contributed by atoms with E-state index in [9.17, 15) is 4.79 Å². The van der Waals surface area contributed by atoms with E-state index in [0.717, 1.165) is 18.6 Å². The van der Waals surface area contributed by atoms with Crippen molar-refractivity contribution in [3.05, 3.63) is 69.7 Å². The van der Waals surface area contributed by atoms with Gasteiger partial charge in [0, 0.05) is 0 Å². The Morgan fingerprint density at radius 3 is 2.72 bits per heavy atom. The number of aromatic amines is 1. The minimum absolute atomic E-state index is 0.0941. The van der Waals surface area contributed by atoms with Gasteiger partial charge in [-0.05, 0) is 31.2 Å². The van der Waals surface area contributed by atoms with E-state index in [1.807, 2.05) is 42.5 Å². The molecule has 3 aromatic rings. The van der Waals surface area contributed by atoms with Crippen LogP contribution in [0.4, 0.5) is 0 Å². The number of rotatable bonds is 7. The van der Waals surface area contributed by atoms with Crippen LogP contribution >= 0.6 is 11.6 Å². The second kappa shape index (κ2) is 8.14. The first kappa shape index (κ1) is 17.5. The molecule has 0 aliphatic heterocycles. The standard InChI is InChI=1S/C19H20ClN3O2/c1-2-23(11-12-25-17-10-6-4-8-15(17)20)13-18-21-16-9-5-3-7-14(16)19(24)22-18/h3-10H,2,11-13H2,1H3,(H,21,22,24)/p+1. The maximum absolute atomic E-state index is 12.2. The molecule has 0 bridgehead atoms. The van der Waals surface area contributed by atoms with Crippen molar-refractivity contribution in [2.75, 3.05) is 19.7 Å². The van der Waals surface area contributed by atoms with Crippen molar-refractivity contribution in [1.29, 1.82) is 0 Å². The fourth-order valence-electron chi connectivity index (χ4n) is 2.71. The highest BCUT2D eigenvalue weighted by Gasteiger charge is 2.11. The molecule has 1 heterocycles. The number of aromatic nitrogens is 2. The van der Waals surface area contributed by atoms with E-state index in [4.69, 9.17) is 16.3 Å². The summed E-state index contributed by atoms with van der Waals surface area (Å²) < 4.78 is 5.76. The van der Waals surface area contributed by atoms with E-state index in [1.165, 1.54) is 4.90 Å². The van der Waals surface area contributed by atoms with E-state index in [-0.39, 0.29) is 5.56 Å². The van der Waals surface area contributed by atoms with Gasteiger partial charge in [0.15, 0.2) is 5.82 Å². The summed E-state index contributed by atoms with van der Waals surface area (Å²) in [7, 11) is 0. The minimum Gasteiger partial charge on any atom is -0.486 e. The fraction of sp³-hybridized carbons (Fsp3) is 0.263. The number of hydrogen-bond acceptors (Lipinski definition) is 3. The zero-order chi connectivity index (χ0) is 17.6. The SMILES string of the molecule is CC[NH+](CCOc1ccccc1Cl)Cc1nc2ccccc2c(=O)[nH]1. The van der Waals surface area contributed by atoms with Crippen molar-refractivity contribution in [2.45, 2.75) is 13.5 Å². The van der Waals surface area contributed by atoms with Crippen molar-refractivity contribution in [1.82, 2.24) is 9.97 Å². The van der Waals surface area contributed by atoms with Crippen molar-refractivity contribution in [3.63, 3.8) is 0 Å². The first-order valence-electron chi connectivity index (χ1n) is 8.36. The minimum atomic E-state index is -0.0941. The second-order valence-electron chi connectivity index (χ2n) is 5.84. The molecule has 1 unspecified atom stereocenters. The predicted octanol–water partition coefficient (Wildman–Crippen LogP) is 2.06. The van der Waals surface area contributed by atoms with Crippen LogP contribution in [0.1, 0.15) is 12.7 Å². The van der Waals surface area contributed by atoms with Crippen LogP contribution in [0, 0.1) is 0 Å². The van der Waals surface area contributed by atoms with Crippen LogP contribution in [0.25, 0.3) is 10.9 Å². The molecule has 5 nitrogen and oxygen atoms in total. The Bertz CT molecular complexity index is 910. The summed E-state index contributed by atoms with van der Waals surface area (Å²) >= 11 is 6.09. The highest BCUT2D eigenvalue weighted by atomic mass is 35.5. The molecule has 0 radical (unpaired) electrons. The third-order valence-corrected chi connectivity index (χ3v) is 4.44. The van der Waals surface area contributed by atoms with Gasteiger partial charge in [-0.3, -0.25) is 4.79 Å². The maximum atomic E-state index is 12.2. The molecule has 0 amide bonds. The summed E-state index contributed by atoms with van der Waals surface area (Å²) in [6.07, 6.45) is 0. The van der Waals surface area contributed by atoms with Gasteiger partial charge in [-0.15, -0.1) is 0 Å². The van der Waals surface area contributed by atoms with E-state index < -0.39 is 0 Å². The van der Waals surface area contributed by atoms with Crippen LogP contribution < -0.4 is 15.2 Å². The fourth-order valence-corrected chi connectivity index (χ4v) is 2.90. The van der Waals surface area contributed by atoms with Crippen molar-refractivity contribution in [3.8, 4) is 5.75 Å². The van der Waals surface area contributed by atoms with Gasteiger partial charge in [0.25, 0.3) is 5.56 Å². The number of hydrogen-bond donors (Lipinski definition) is 2. The Labute approximate surface area is 151 Å². The largest absolute Gasteiger partial charge is 0.486 e. The summed E-state index contributed by atoms with van der Waals surface area (Å²) in [4.78, 5) is 20.9.